The summed E-state index contributed by atoms with van der Waals surface area (Å²) in [5, 5.41) is 9.08. The summed E-state index contributed by atoms with van der Waals surface area (Å²) in [4.78, 5) is 24.5. The van der Waals surface area contributed by atoms with Gasteiger partial charge in [-0.2, -0.15) is 5.10 Å². The SMILES string of the molecule is O=C(Nc1cnc(Oc2ccc(-c3cnn4cccnc34)cc2)nc1)Nc1cc(F)cc(F)c1. The lowest BCUT2D eigenvalue weighted by molar-refractivity contribution is 0.262. The van der Waals surface area contributed by atoms with Crippen molar-refractivity contribution in [2.24, 2.45) is 0 Å². The third kappa shape index (κ3) is 4.63. The second-order valence-corrected chi connectivity index (χ2v) is 7.06. The number of urea groups is 1. The number of hydrogen-bond donors (Lipinski definition) is 2. The van der Waals surface area contributed by atoms with Gasteiger partial charge in [-0.3, -0.25) is 0 Å². The van der Waals surface area contributed by atoms with Crippen molar-refractivity contribution in [1.29, 1.82) is 0 Å². The summed E-state index contributed by atoms with van der Waals surface area (Å²) in [5.41, 5.74) is 2.79. The lowest BCUT2D eigenvalue weighted by Crippen LogP contribution is -2.19. The Kier molecular flexibility index (Phi) is 5.48. The zero-order chi connectivity index (χ0) is 23.5. The fourth-order valence-electron chi connectivity index (χ4n) is 3.19. The van der Waals surface area contributed by atoms with Crippen LogP contribution in [0.15, 0.2) is 79.5 Å². The standard InChI is InChI=1S/C23H15F2N7O2/c24-15-8-16(25)10-17(9-15)30-22(33)31-18-11-27-23(28-12-18)34-19-4-2-14(3-5-19)20-13-29-32-7-1-6-26-21(20)32/h1-13H,(H2,30,31,33). The van der Waals surface area contributed by atoms with Gasteiger partial charge in [0.25, 0.3) is 0 Å². The molecule has 2 amide bonds. The number of nitrogens with zero attached hydrogens (tertiary/aromatic N) is 5. The van der Waals surface area contributed by atoms with E-state index in [0.717, 1.165) is 28.9 Å². The summed E-state index contributed by atoms with van der Waals surface area (Å²) in [5.74, 6) is -1.09. The Bertz CT molecular complexity index is 1450. The molecule has 0 fully saturated rings. The molecule has 2 N–H and O–H groups in total. The summed E-state index contributed by atoms with van der Waals surface area (Å²) in [6.07, 6.45) is 7.96. The molecule has 0 atom stereocenters. The second kappa shape index (κ2) is 8.90. The van der Waals surface area contributed by atoms with Gasteiger partial charge in [0.05, 0.1) is 24.3 Å². The van der Waals surface area contributed by atoms with Crippen molar-refractivity contribution in [3.63, 3.8) is 0 Å². The number of carbonyl (C=O) groups excluding carboxylic acids is 1. The van der Waals surface area contributed by atoms with Gasteiger partial charge in [0.15, 0.2) is 5.65 Å². The van der Waals surface area contributed by atoms with Crippen LogP contribution in [0, 0.1) is 11.6 Å². The average Bonchev–Trinajstić information content (AvgIpc) is 3.24. The molecule has 0 saturated heterocycles. The van der Waals surface area contributed by atoms with Crippen LogP contribution in [0.1, 0.15) is 0 Å². The highest BCUT2D eigenvalue weighted by molar-refractivity contribution is 5.99. The minimum Gasteiger partial charge on any atom is -0.424 e. The van der Waals surface area contributed by atoms with Crippen molar-refractivity contribution in [1.82, 2.24) is 24.6 Å². The highest BCUT2D eigenvalue weighted by Crippen LogP contribution is 2.26. The average molecular weight is 459 g/mol. The molecule has 11 heteroatoms. The van der Waals surface area contributed by atoms with E-state index in [-0.39, 0.29) is 17.4 Å². The highest BCUT2D eigenvalue weighted by Gasteiger charge is 2.09. The van der Waals surface area contributed by atoms with Crippen LogP contribution in [0.4, 0.5) is 25.0 Å². The number of hydrogen-bond acceptors (Lipinski definition) is 6. The van der Waals surface area contributed by atoms with Gasteiger partial charge in [-0.25, -0.2) is 33.0 Å². The predicted octanol–water partition coefficient (Wildman–Crippen LogP) is 4.90. The van der Waals surface area contributed by atoms with Gasteiger partial charge in [-0.1, -0.05) is 12.1 Å². The molecule has 0 bridgehead atoms. The third-order valence-electron chi connectivity index (χ3n) is 4.66. The zero-order valence-electron chi connectivity index (χ0n) is 17.3. The fourth-order valence-corrected chi connectivity index (χ4v) is 3.19. The third-order valence-corrected chi connectivity index (χ3v) is 4.66. The molecule has 0 aliphatic heterocycles. The Balaban J connectivity index is 1.21. The van der Waals surface area contributed by atoms with Crippen LogP contribution in [0.3, 0.4) is 0 Å². The van der Waals surface area contributed by atoms with E-state index in [1.807, 2.05) is 18.3 Å². The first-order valence-electron chi connectivity index (χ1n) is 9.96. The number of fused-ring (bicyclic) bond motifs is 1. The monoisotopic (exact) mass is 459 g/mol. The smallest absolute Gasteiger partial charge is 0.323 e. The van der Waals surface area contributed by atoms with Gasteiger partial charge in [-0.05, 0) is 35.9 Å². The van der Waals surface area contributed by atoms with E-state index in [2.05, 4.69) is 30.7 Å². The molecular weight excluding hydrogens is 444 g/mol. The van der Waals surface area contributed by atoms with Crippen LogP contribution < -0.4 is 15.4 Å². The molecule has 168 valence electrons. The molecule has 2 aromatic carbocycles. The second-order valence-electron chi connectivity index (χ2n) is 7.06. The number of anilines is 2. The largest absolute Gasteiger partial charge is 0.424 e. The summed E-state index contributed by atoms with van der Waals surface area (Å²) in [7, 11) is 0. The lowest BCUT2D eigenvalue weighted by atomic mass is 10.1. The van der Waals surface area contributed by atoms with Crippen LogP contribution in [-0.2, 0) is 0 Å². The van der Waals surface area contributed by atoms with Gasteiger partial charge in [0, 0.05) is 29.7 Å². The van der Waals surface area contributed by atoms with E-state index in [9.17, 15) is 13.6 Å². The topological polar surface area (TPSA) is 106 Å². The molecule has 0 unspecified atom stereocenters. The normalized spacial score (nSPS) is 10.8. The first-order valence-corrected chi connectivity index (χ1v) is 9.96. The van der Waals surface area contributed by atoms with E-state index in [4.69, 9.17) is 4.74 Å². The Labute approximate surface area is 191 Å². The molecule has 0 aliphatic rings. The zero-order valence-corrected chi connectivity index (χ0v) is 17.3. The Hall–Kier alpha value is -4.93. The van der Waals surface area contributed by atoms with Crippen molar-refractivity contribution in [3.05, 3.63) is 91.1 Å². The van der Waals surface area contributed by atoms with Crippen LogP contribution in [0.2, 0.25) is 0 Å². The first kappa shape index (κ1) is 20.9. The van der Waals surface area contributed by atoms with Crippen molar-refractivity contribution in [2.75, 3.05) is 10.6 Å². The summed E-state index contributed by atoms with van der Waals surface area (Å²) >= 11 is 0. The minimum absolute atomic E-state index is 0.0285. The van der Waals surface area contributed by atoms with E-state index in [1.165, 1.54) is 12.4 Å². The summed E-state index contributed by atoms with van der Waals surface area (Å²) < 4.78 is 33.8. The molecule has 0 aliphatic carbocycles. The number of halogens is 2. The molecule has 0 saturated carbocycles. The number of ether oxygens (including phenoxy) is 1. The van der Waals surface area contributed by atoms with Crippen LogP contribution in [-0.4, -0.2) is 30.6 Å². The summed E-state index contributed by atoms with van der Waals surface area (Å²) in [6, 6.07) is 11.1. The van der Waals surface area contributed by atoms with E-state index in [1.54, 1.807) is 35.1 Å². The predicted molar refractivity (Wildman–Crippen MR) is 120 cm³/mol. The van der Waals surface area contributed by atoms with Crippen LogP contribution >= 0.6 is 0 Å². The van der Waals surface area contributed by atoms with Gasteiger partial charge in [0.1, 0.15) is 17.4 Å². The van der Waals surface area contributed by atoms with Crippen LogP contribution in [0.25, 0.3) is 16.8 Å². The molecule has 0 spiro atoms. The molecule has 0 radical (unpaired) electrons. The Morgan fingerprint density at radius 2 is 1.59 bits per heavy atom. The molecule has 3 heterocycles. The quantitative estimate of drug-likeness (QED) is 0.387. The molecule has 34 heavy (non-hydrogen) atoms. The molecule has 5 aromatic rings. The molecule has 5 rings (SSSR count). The Morgan fingerprint density at radius 1 is 0.882 bits per heavy atom. The van der Waals surface area contributed by atoms with Gasteiger partial charge >= 0.3 is 12.0 Å². The maximum Gasteiger partial charge on any atom is 0.323 e. The molecular formula is C23H15F2N7O2. The van der Waals surface area contributed by atoms with Crippen LogP contribution in [0.5, 0.6) is 11.8 Å². The Morgan fingerprint density at radius 3 is 2.32 bits per heavy atom. The number of carbonyl (C=O) groups is 1. The minimum atomic E-state index is -0.802. The maximum absolute atomic E-state index is 13.2. The van der Waals surface area contributed by atoms with E-state index in [0.29, 0.717) is 11.8 Å². The van der Waals surface area contributed by atoms with E-state index < -0.39 is 17.7 Å². The highest BCUT2D eigenvalue weighted by atomic mass is 19.1. The maximum atomic E-state index is 13.2. The number of nitrogens with one attached hydrogen (secondary N) is 2. The molecule has 9 nitrogen and oxygen atoms in total. The summed E-state index contributed by atoms with van der Waals surface area (Å²) in [6.45, 7) is 0. The van der Waals surface area contributed by atoms with E-state index >= 15 is 0 Å². The van der Waals surface area contributed by atoms with Crippen molar-refractivity contribution in [3.8, 4) is 22.9 Å². The van der Waals surface area contributed by atoms with Gasteiger partial charge in [-0.15, -0.1) is 0 Å². The van der Waals surface area contributed by atoms with Gasteiger partial charge in [0.2, 0.25) is 0 Å². The lowest BCUT2D eigenvalue weighted by Gasteiger charge is -2.08. The number of aromatic nitrogens is 5. The first-order chi connectivity index (χ1) is 16.5. The number of benzene rings is 2. The number of rotatable bonds is 5. The number of amides is 2. The van der Waals surface area contributed by atoms with Crippen molar-refractivity contribution >= 4 is 23.1 Å². The van der Waals surface area contributed by atoms with Crippen molar-refractivity contribution in [2.45, 2.75) is 0 Å². The fraction of sp³-hybridized carbons (Fsp3) is 0. The van der Waals surface area contributed by atoms with Crippen molar-refractivity contribution < 1.29 is 18.3 Å². The molecule has 3 aromatic heterocycles. The van der Waals surface area contributed by atoms with Gasteiger partial charge < -0.3 is 15.4 Å².